The van der Waals surface area contributed by atoms with Gasteiger partial charge in [0.2, 0.25) is 0 Å². The van der Waals surface area contributed by atoms with E-state index in [2.05, 4.69) is 5.10 Å². The molecule has 0 atom stereocenters. The van der Waals surface area contributed by atoms with Crippen molar-refractivity contribution in [3.05, 3.63) is 39.5 Å². The molecule has 2 N–H and O–H groups in total. The fourth-order valence-corrected chi connectivity index (χ4v) is 2.44. The van der Waals surface area contributed by atoms with Crippen LogP contribution in [0.4, 0.5) is 18.9 Å². The van der Waals surface area contributed by atoms with Crippen LogP contribution in [0.3, 0.4) is 0 Å². The highest BCUT2D eigenvalue weighted by Gasteiger charge is 2.35. The molecule has 1 aliphatic heterocycles. The van der Waals surface area contributed by atoms with Crippen molar-refractivity contribution in [1.82, 2.24) is 0 Å². The fraction of sp³-hybridized carbons (Fsp3) is 0.167. The molecule has 4 nitrogen and oxygen atoms in total. The highest BCUT2D eigenvalue weighted by atomic mass is 35.5. The van der Waals surface area contributed by atoms with Crippen molar-refractivity contribution in [2.75, 3.05) is 5.01 Å². The first-order valence-electron chi connectivity index (χ1n) is 5.55. The lowest BCUT2D eigenvalue weighted by molar-refractivity contribution is -0.137. The smallest absolute Gasteiger partial charge is 0.404 e. The first kappa shape index (κ1) is 15.7. The molecular weight excluding hydrogens is 330 g/mol. The zero-order valence-electron chi connectivity index (χ0n) is 10.5. The van der Waals surface area contributed by atoms with Gasteiger partial charge in [0.1, 0.15) is 5.69 Å². The van der Waals surface area contributed by atoms with Crippen LogP contribution in [0.15, 0.2) is 29.0 Å². The molecule has 0 aliphatic carbocycles. The van der Waals surface area contributed by atoms with E-state index in [0.717, 1.165) is 11.2 Å². The quantitative estimate of drug-likeness (QED) is 0.796. The zero-order valence-corrected chi connectivity index (χ0v) is 12.0. The van der Waals surface area contributed by atoms with Crippen molar-refractivity contribution in [3.63, 3.8) is 0 Å². The van der Waals surface area contributed by atoms with Crippen LogP contribution >= 0.6 is 23.2 Å². The Bertz CT molecular complexity index is 660. The molecule has 0 aromatic heterocycles. The summed E-state index contributed by atoms with van der Waals surface area (Å²) < 4.78 is 38.0. The standard InChI is InChI=1S/C12H8Cl2F3N3O/c1-5-7(4-18)11(21)20(19-5)10-8(13)2-6(3-9(10)14)12(15,16)17/h2-4H,18H2,1H3. The van der Waals surface area contributed by atoms with Gasteiger partial charge in [0.05, 0.1) is 26.9 Å². The van der Waals surface area contributed by atoms with Crippen molar-refractivity contribution in [3.8, 4) is 0 Å². The molecule has 0 spiro atoms. The number of benzene rings is 1. The second-order valence-electron chi connectivity index (χ2n) is 4.17. The minimum absolute atomic E-state index is 0.118. The minimum atomic E-state index is -4.59. The third-order valence-electron chi connectivity index (χ3n) is 2.79. The van der Waals surface area contributed by atoms with E-state index < -0.39 is 17.6 Å². The minimum Gasteiger partial charge on any atom is -0.404 e. The summed E-state index contributed by atoms with van der Waals surface area (Å²) in [5.74, 6) is -0.612. The van der Waals surface area contributed by atoms with Crippen LogP contribution in [0.2, 0.25) is 10.0 Å². The van der Waals surface area contributed by atoms with Gasteiger partial charge in [0, 0.05) is 6.20 Å². The number of amides is 1. The summed E-state index contributed by atoms with van der Waals surface area (Å²) >= 11 is 11.7. The van der Waals surface area contributed by atoms with Gasteiger partial charge >= 0.3 is 6.18 Å². The van der Waals surface area contributed by atoms with Gasteiger partial charge in [-0.2, -0.15) is 23.3 Å². The van der Waals surface area contributed by atoms with Crippen LogP contribution in [0.25, 0.3) is 0 Å². The number of rotatable bonds is 1. The van der Waals surface area contributed by atoms with Crippen LogP contribution in [-0.2, 0) is 11.0 Å². The predicted molar refractivity (Wildman–Crippen MR) is 74.3 cm³/mol. The van der Waals surface area contributed by atoms with E-state index in [-0.39, 0.29) is 21.3 Å². The maximum atomic E-state index is 12.7. The van der Waals surface area contributed by atoms with Crippen LogP contribution in [0.5, 0.6) is 0 Å². The third-order valence-corrected chi connectivity index (χ3v) is 3.36. The van der Waals surface area contributed by atoms with Gasteiger partial charge in [-0.05, 0) is 19.1 Å². The van der Waals surface area contributed by atoms with E-state index in [1.165, 1.54) is 6.92 Å². The van der Waals surface area contributed by atoms with Crippen molar-refractivity contribution in [2.24, 2.45) is 10.8 Å². The molecule has 0 bridgehead atoms. The van der Waals surface area contributed by atoms with Gasteiger partial charge in [0.15, 0.2) is 0 Å². The molecule has 0 fully saturated rings. The number of hydrogen-bond donors (Lipinski definition) is 1. The van der Waals surface area contributed by atoms with Crippen LogP contribution in [-0.4, -0.2) is 11.6 Å². The Morgan fingerprint density at radius 2 is 1.81 bits per heavy atom. The van der Waals surface area contributed by atoms with E-state index in [0.29, 0.717) is 17.8 Å². The maximum Gasteiger partial charge on any atom is 0.416 e. The van der Waals surface area contributed by atoms with E-state index in [9.17, 15) is 18.0 Å². The average molecular weight is 338 g/mol. The Labute approximate surface area is 127 Å². The molecule has 0 saturated heterocycles. The Morgan fingerprint density at radius 1 is 1.29 bits per heavy atom. The molecule has 1 aromatic rings. The number of hydrogen-bond acceptors (Lipinski definition) is 3. The second-order valence-corrected chi connectivity index (χ2v) is 4.98. The largest absolute Gasteiger partial charge is 0.416 e. The Hall–Kier alpha value is -1.73. The van der Waals surface area contributed by atoms with Gasteiger partial charge in [-0.1, -0.05) is 23.2 Å². The topological polar surface area (TPSA) is 58.7 Å². The first-order chi connectivity index (χ1) is 9.66. The lowest BCUT2D eigenvalue weighted by Gasteiger charge is -2.17. The molecule has 9 heteroatoms. The van der Waals surface area contributed by atoms with Gasteiger partial charge < -0.3 is 5.73 Å². The van der Waals surface area contributed by atoms with Crippen molar-refractivity contribution >= 4 is 40.5 Å². The monoisotopic (exact) mass is 337 g/mol. The number of nitrogens with two attached hydrogens (primary N) is 1. The van der Waals surface area contributed by atoms with E-state index in [4.69, 9.17) is 28.9 Å². The van der Waals surface area contributed by atoms with Crippen LogP contribution < -0.4 is 10.7 Å². The number of hydrazone groups is 1. The van der Waals surface area contributed by atoms with Crippen LogP contribution in [0, 0.1) is 0 Å². The SMILES string of the molecule is CC1=NN(c2c(Cl)cc(C(F)(F)F)cc2Cl)C(=O)C1=CN. The van der Waals surface area contributed by atoms with Crippen molar-refractivity contribution in [2.45, 2.75) is 13.1 Å². The molecule has 112 valence electrons. The Balaban J connectivity index is 2.55. The van der Waals surface area contributed by atoms with Gasteiger partial charge in [0.25, 0.3) is 5.91 Å². The lowest BCUT2D eigenvalue weighted by atomic mass is 10.1. The lowest BCUT2D eigenvalue weighted by Crippen LogP contribution is -2.23. The Kier molecular flexibility index (Phi) is 3.90. The molecular formula is C12H8Cl2F3N3O. The molecule has 1 amide bonds. The summed E-state index contributed by atoms with van der Waals surface area (Å²) in [6.45, 7) is 1.53. The highest BCUT2D eigenvalue weighted by molar-refractivity contribution is 6.41. The normalized spacial score (nSPS) is 17.6. The molecule has 1 heterocycles. The number of carbonyl (C=O) groups is 1. The summed E-state index contributed by atoms with van der Waals surface area (Å²) in [7, 11) is 0. The zero-order chi connectivity index (χ0) is 15.9. The highest BCUT2D eigenvalue weighted by Crippen LogP contribution is 2.41. The Morgan fingerprint density at radius 3 is 2.19 bits per heavy atom. The van der Waals surface area contributed by atoms with Crippen molar-refractivity contribution in [1.29, 1.82) is 0 Å². The number of anilines is 1. The summed E-state index contributed by atoms with van der Waals surface area (Å²) in [5, 5.41) is 4.07. The fourth-order valence-electron chi connectivity index (χ4n) is 1.79. The third kappa shape index (κ3) is 2.71. The van der Waals surface area contributed by atoms with E-state index in [1.807, 2.05) is 0 Å². The predicted octanol–water partition coefficient (Wildman–Crippen LogP) is 3.58. The van der Waals surface area contributed by atoms with E-state index in [1.54, 1.807) is 0 Å². The molecule has 0 radical (unpaired) electrons. The molecule has 2 rings (SSSR count). The average Bonchev–Trinajstić information content (AvgIpc) is 2.62. The number of halogens is 5. The maximum absolute atomic E-state index is 12.7. The van der Waals surface area contributed by atoms with Crippen LogP contribution in [0.1, 0.15) is 12.5 Å². The number of alkyl halides is 3. The summed E-state index contributed by atoms with van der Waals surface area (Å²) in [5.41, 5.74) is 4.62. The van der Waals surface area contributed by atoms with Crippen molar-refractivity contribution < 1.29 is 18.0 Å². The van der Waals surface area contributed by atoms with Gasteiger partial charge in [-0.3, -0.25) is 4.79 Å². The van der Waals surface area contributed by atoms with Gasteiger partial charge in [-0.15, -0.1) is 0 Å². The number of nitrogens with zero attached hydrogens (tertiary/aromatic N) is 2. The molecule has 21 heavy (non-hydrogen) atoms. The van der Waals surface area contributed by atoms with Gasteiger partial charge in [-0.25, -0.2) is 0 Å². The second kappa shape index (κ2) is 5.23. The summed E-state index contributed by atoms with van der Waals surface area (Å²) in [6, 6.07) is 1.37. The first-order valence-corrected chi connectivity index (χ1v) is 6.30. The molecule has 0 unspecified atom stereocenters. The molecule has 1 aliphatic rings. The number of carbonyl (C=O) groups excluding carboxylic acids is 1. The summed E-state index contributed by atoms with van der Waals surface area (Å²) in [4.78, 5) is 12.1. The molecule has 0 saturated carbocycles. The van der Waals surface area contributed by atoms with E-state index >= 15 is 0 Å². The summed E-state index contributed by atoms with van der Waals surface area (Å²) in [6.07, 6.45) is -3.53. The molecule has 1 aromatic carbocycles.